The number of primary amides is 1. The molecule has 0 aromatic heterocycles. The van der Waals surface area contributed by atoms with E-state index in [1.807, 2.05) is 0 Å². The molecule has 0 spiro atoms. The Morgan fingerprint density at radius 2 is 2.00 bits per heavy atom. The van der Waals surface area contributed by atoms with E-state index in [9.17, 15) is 23.3 Å². The van der Waals surface area contributed by atoms with Crippen LogP contribution >= 0.6 is 10.7 Å². The fourth-order valence-electron chi connectivity index (χ4n) is 1.02. The van der Waals surface area contributed by atoms with Crippen molar-refractivity contribution in [3.05, 3.63) is 33.9 Å². The van der Waals surface area contributed by atoms with Gasteiger partial charge in [-0.3, -0.25) is 14.9 Å². The Morgan fingerprint density at radius 1 is 1.44 bits per heavy atom. The monoisotopic (exact) mass is 264 g/mol. The minimum absolute atomic E-state index is 0.171. The summed E-state index contributed by atoms with van der Waals surface area (Å²) in [6, 6.07) is 2.67. The molecule has 0 atom stereocenters. The van der Waals surface area contributed by atoms with Crippen LogP contribution in [0.5, 0.6) is 0 Å². The number of nitrogens with zero attached hydrogens (tertiary/aromatic N) is 1. The highest BCUT2D eigenvalue weighted by Gasteiger charge is 2.25. The minimum Gasteiger partial charge on any atom is -0.366 e. The molecule has 0 unspecified atom stereocenters. The summed E-state index contributed by atoms with van der Waals surface area (Å²) in [7, 11) is 0.749. The highest BCUT2D eigenvalue weighted by molar-refractivity contribution is 8.13. The first-order valence-corrected chi connectivity index (χ1v) is 6.07. The second kappa shape index (κ2) is 4.06. The molecule has 0 fully saturated rings. The number of benzene rings is 1. The van der Waals surface area contributed by atoms with Crippen molar-refractivity contribution >= 4 is 31.3 Å². The molecule has 0 aliphatic rings. The zero-order valence-corrected chi connectivity index (χ0v) is 9.16. The fourth-order valence-corrected chi connectivity index (χ4v) is 2.02. The van der Waals surface area contributed by atoms with Crippen LogP contribution in [0.25, 0.3) is 0 Å². The standard InChI is InChI=1S/C7H5ClN2O5S/c8-16(14,15)6-2-1-4(7(9)11)3-5(6)10(12)13/h1-3H,(H2,9,11). The van der Waals surface area contributed by atoms with Gasteiger partial charge < -0.3 is 5.73 Å². The number of nitro benzene ring substituents is 1. The third-order valence-corrected chi connectivity index (χ3v) is 3.07. The molecule has 7 nitrogen and oxygen atoms in total. The van der Waals surface area contributed by atoms with Crippen molar-refractivity contribution in [2.75, 3.05) is 0 Å². The van der Waals surface area contributed by atoms with Crippen molar-refractivity contribution in [2.45, 2.75) is 4.90 Å². The van der Waals surface area contributed by atoms with Crippen molar-refractivity contribution in [1.29, 1.82) is 0 Å². The van der Waals surface area contributed by atoms with Crippen LogP contribution in [0.1, 0.15) is 10.4 Å². The second-order valence-corrected chi connectivity index (χ2v) is 5.28. The number of nitro groups is 1. The number of carbonyl (C=O) groups excluding carboxylic acids is 1. The van der Waals surface area contributed by atoms with Gasteiger partial charge >= 0.3 is 0 Å². The van der Waals surface area contributed by atoms with Gasteiger partial charge in [0.05, 0.1) is 4.92 Å². The van der Waals surface area contributed by atoms with Crippen LogP contribution in [-0.4, -0.2) is 19.2 Å². The third-order valence-electron chi connectivity index (χ3n) is 1.70. The average molecular weight is 265 g/mol. The van der Waals surface area contributed by atoms with Gasteiger partial charge in [0.2, 0.25) is 5.91 Å². The maximum atomic E-state index is 11.0. The lowest BCUT2D eigenvalue weighted by molar-refractivity contribution is -0.387. The summed E-state index contributed by atoms with van der Waals surface area (Å²) in [5.74, 6) is -0.901. The Balaban J connectivity index is 3.55. The predicted octanol–water partition coefficient (Wildman–Crippen LogP) is 0.621. The molecule has 86 valence electrons. The summed E-state index contributed by atoms with van der Waals surface area (Å²) in [6.07, 6.45) is 0. The number of hydrogen-bond acceptors (Lipinski definition) is 5. The molecule has 0 heterocycles. The van der Waals surface area contributed by atoms with Crippen molar-refractivity contribution in [1.82, 2.24) is 0 Å². The first-order chi connectivity index (χ1) is 7.23. The topological polar surface area (TPSA) is 120 Å². The number of amides is 1. The molecule has 0 saturated heterocycles. The third kappa shape index (κ3) is 2.47. The predicted molar refractivity (Wildman–Crippen MR) is 54.7 cm³/mol. The zero-order chi connectivity index (χ0) is 12.5. The van der Waals surface area contributed by atoms with Gasteiger partial charge in [0.25, 0.3) is 14.7 Å². The smallest absolute Gasteiger partial charge is 0.290 e. The molecule has 0 saturated carbocycles. The first-order valence-electron chi connectivity index (χ1n) is 3.76. The lowest BCUT2D eigenvalue weighted by atomic mass is 10.2. The molecule has 2 N–H and O–H groups in total. The molecule has 9 heteroatoms. The van der Waals surface area contributed by atoms with E-state index in [0.717, 1.165) is 18.2 Å². The number of halogens is 1. The van der Waals surface area contributed by atoms with Crippen LogP contribution in [-0.2, 0) is 9.05 Å². The quantitative estimate of drug-likeness (QED) is 0.487. The Kier molecular flexibility index (Phi) is 3.15. The molecule has 1 aromatic rings. The molecule has 1 aromatic carbocycles. The molecule has 0 aliphatic carbocycles. The molecular weight excluding hydrogens is 260 g/mol. The average Bonchev–Trinajstić information content (AvgIpc) is 2.15. The Morgan fingerprint density at radius 3 is 2.38 bits per heavy atom. The lowest BCUT2D eigenvalue weighted by Crippen LogP contribution is -2.12. The van der Waals surface area contributed by atoms with Crippen molar-refractivity contribution in [3.8, 4) is 0 Å². The number of hydrogen-bond donors (Lipinski definition) is 1. The Bertz CT molecular complexity index is 568. The SMILES string of the molecule is NC(=O)c1ccc(S(=O)(=O)Cl)c([N+](=O)[O-])c1. The molecule has 1 rings (SSSR count). The summed E-state index contributed by atoms with van der Waals surface area (Å²) < 4.78 is 22.0. The first kappa shape index (κ1) is 12.4. The van der Waals surface area contributed by atoms with Crippen molar-refractivity contribution in [2.24, 2.45) is 5.73 Å². The molecule has 0 bridgehead atoms. The Hall–Kier alpha value is -1.67. The van der Waals surface area contributed by atoms with Gasteiger partial charge in [-0.2, -0.15) is 0 Å². The molecular formula is C7H5ClN2O5S. The van der Waals surface area contributed by atoms with Crippen LogP contribution in [0.3, 0.4) is 0 Å². The normalized spacial score (nSPS) is 11.1. The number of rotatable bonds is 3. The van der Waals surface area contributed by atoms with Crippen molar-refractivity contribution in [3.63, 3.8) is 0 Å². The van der Waals surface area contributed by atoms with Gasteiger partial charge in [-0.1, -0.05) is 0 Å². The van der Waals surface area contributed by atoms with E-state index in [-0.39, 0.29) is 5.56 Å². The number of nitrogens with two attached hydrogens (primary N) is 1. The van der Waals surface area contributed by atoms with E-state index in [0.29, 0.717) is 0 Å². The van der Waals surface area contributed by atoms with Gasteiger partial charge in [-0.05, 0) is 12.1 Å². The van der Waals surface area contributed by atoms with Crippen molar-refractivity contribution < 1.29 is 18.1 Å². The number of carbonyl (C=O) groups is 1. The summed E-state index contributed by atoms with van der Waals surface area (Å²) in [5.41, 5.74) is 3.94. The lowest BCUT2D eigenvalue weighted by Gasteiger charge is -2.00. The van der Waals surface area contributed by atoms with E-state index in [2.05, 4.69) is 0 Å². The van der Waals surface area contributed by atoms with Gasteiger partial charge in [-0.15, -0.1) is 0 Å². The largest absolute Gasteiger partial charge is 0.366 e. The minimum atomic E-state index is -4.24. The van der Waals surface area contributed by atoms with E-state index >= 15 is 0 Å². The summed E-state index contributed by atoms with van der Waals surface area (Å²) in [5, 5.41) is 10.6. The highest BCUT2D eigenvalue weighted by Crippen LogP contribution is 2.27. The maximum Gasteiger partial charge on any atom is 0.290 e. The molecule has 16 heavy (non-hydrogen) atoms. The van der Waals surface area contributed by atoms with E-state index in [1.165, 1.54) is 0 Å². The zero-order valence-electron chi connectivity index (χ0n) is 7.58. The van der Waals surface area contributed by atoms with E-state index in [1.54, 1.807) is 0 Å². The second-order valence-electron chi connectivity index (χ2n) is 2.74. The molecule has 0 radical (unpaired) electrons. The van der Waals surface area contributed by atoms with Gasteiger partial charge in [-0.25, -0.2) is 8.42 Å². The Labute approximate surface area is 94.4 Å². The van der Waals surface area contributed by atoms with Crippen LogP contribution in [0, 0.1) is 10.1 Å². The van der Waals surface area contributed by atoms with E-state index < -0.39 is 30.5 Å². The summed E-state index contributed by atoms with van der Waals surface area (Å²) >= 11 is 0. The van der Waals surface area contributed by atoms with Gasteiger partial charge in [0.15, 0.2) is 4.90 Å². The van der Waals surface area contributed by atoms with Gasteiger partial charge in [0.1, 0.15) is 0 Å². The highest BCUT2D eigenvalue weighted by atomic mass is 35.7. The molecule has 1 amide bonds. The summed E-state index contributed by atoms with van der Waals surface area (Å²) in [6.45, 7) is 0. The van der Waals surface area contributed by atoms with Crippen LogP contribution < -0.4 is 5.73 Å². The van der Waals surface area contributed by atoms with Gasteiger partial charge in [0, 0.05) is 22.3 Å². The summed E-state index contributed by atoms with van der Waals surface area (Å²) in [4.78, 5) is 19.7. The van der Waals surface area contributed by atoms with Crippen LogP contribution in [0.15, 0.2) is 23.1 Å². The maximum absolute atomic E-state index is 11.0. The van der Waals surface area contributed by atoms with E-state index in [4.69, 9.17) is 16.4 Å². The fraction of sp³-hybridized carbons (Fsp3) is 0. The van der Waals surface area contributed by atoms with Crippen LogP contribution in [0.4, 0.5) is 5.69 Å². The van der Waals surface area contributed by atoms with Crippen LogP contribution in [0.2, 0.25) is 0 Å². The molecule has 0 aliphatic heterocycles.